The van der Waals surface area contributed by atoms with Crippen molar-refractivity contribution < 1.29 is 19.1 Å². The van der Waals surface area contributed by atoms with E-state index in [9.17, 15) is 4.79 Å². The molecule has 3 heterocycles. The number of methoxy groups -OCH3 is 1. The van der Waals surface area contributed by atoms with Gasteiger partial charge in [0, 0.05) is 58.5 Å². The van der Waals surface area contributed by atoms with Crippen LogP contribution in [0, 0.1) is 0 Å². The number of hydroxylamine groups is 2. The Bertz CT molecular complexity index is 382. The number of carbonyl (C=O) groups is 1. The highest BCUT2D eigenvalue weighted by molar-refractivity contribution is 5.71. The van der Waals surface area contributed by atoms with E-state index < -0.39 is 0 Å². The van der Waals surface area contributed by atoms with Crippen LogP contribution in [0.3, 0.4) is 0 Å². The highest BCUT2D eigenvalue weighted by atomic mass is 16.7. The van der Waals surface area contributed by atoms with Gasteiger partial charge in [0.25, 0.3) is 0 Å². The maximum absolute atomic E-state index is 11.3. The van der Waals surface area contributed by atoms with Gasteiger partial charge in [-0.3, -0.25) is 19.4 Å². The van der Waals surface area contributed by atoms with E-state index in [0.717, 1.165) is 71.7 Å². The van der Waals surface area contributed by atoms with Crippen molar-refractivity contribution in [3.05, 3.63) is 0 Å². The molecule has 1 unspecified atom stereocenters. The number of hydrogen-bond acceptors (Lipinski definition) is 7. The Morgan fingerprint density at radius 2 is 1.83 bits per heavy atom. The minimum Gasteiger partial charge on any atom is -0.468 e. The average molecular weight is 327 g/mol. The van der Waals surface area contributed by atoms with Crippen molar-refractivity contribution in [3.63, 3.8) is 0 Å². The standard InChI is InChI=1S/C16H29N3O4/c1-21-16(20)13-17-6-8-19(9-7-17)23-15-2-5-18(12-15)14-3-10-22-11-4-14/h14-15H,2-13H2,1H3. The molecule has 0 aromatic carbocycles. The largest absolute Gasteiger partial charge is 0.468 e. The Balaban J connectivity index is 1.35. The molecule has 0 spiro atoms. The van der Waals surface area contributed by atoms with Crippen LogP contribution in [0.4, 0.5) is 0 Å². The highest BCUT2D eigenvalue weighted by Gasteiger charge is 2.31. The zero-order chi connectivity index (χ0) is 16.1. The van der Waals surface area contributed by atoms with Gasteiger partial charge in [-0.25, -0.2) is 0 Å². The molecule has 0 bridgehead atoms. The van der Waals surface area contributed by atoms with E-state index in [1.165, 1.54) is 7.11 Å². The zero-order valence-corrected chi connectivity index (χ0v) is 14.1. The number of hydrogen-bond donors (Lipinski definition) is 0. The molecule has 0 amide bonds. The van der Waals surface area contributed by atoms with Crippen LogP contribution in [0.2, 0.25) is 0 Å². The van der Waals surface area contributed by atoms with Gasteiger partial charge in [0.15, 0.2) is 0 Å². The molecule has 3 aliphatic heterocycles. The Labute approximate surface area is 138 Å². The van der Waals surface area contributed by atoms with Crippen molar-refractivity contribution in [1.29, 1.82) is 0 Å². The van der Waals surface area contributed by atoms with Crippen LogP contribution in [-0.2, 0) is 19.1 Å². The highest BCUT2D eigenvalue weighted by Crippen LogP contribution is 2.22. The Morgan fingerprint density at radius 1 is 1.09 bits per heavy atom. The quantitative estimate of drug-likeness (QED) is 0.657. The summed E-state index contributed by atoms with van der Waals surface area (Å²) in [5.74, 6) is -0.165. The number of ether oxygens (including phenoxy) is 2. The molecule has 7 nitrogen and oxygen atoms in total. The monoisotopic (exact) mass is 327 g/mol. The summed E-state index contributed by atoms with van der Waals surface area (Å²) in [6, 6.07) is 0.675. The van der Waals surface area contributed by atoms with Gasteiger partial charge in [0.1, 0.15) is 0 Å². The molecule has 0 saturated carbocycles. The Morgan fingerprint density at radius 3 is 2.52 bits per heavy atom. The number of nitrogens with zero attached hydrogens (tertiary/aromatic N) is 3. The molecule has 23 heavy (non-hydrogen) atoms. The molecule has 0 N–H and O–H groups in total. The molecular weight excluding hydrogens is 298 g/mol. The lowest BCUT2D eigenvalue weighted by Crippen LogP contribution is -2.49. The first-order valence-corrected chi connectivity index (χ1v) is 8.77. The van der Waals surface area contributed by atoms with E-state index >= 15 is 0 Å². The van der Waals surface area contributed by atoms with Crippen molar-refractivity contribution in [2.24, 2.45) is 0 Å². The normalized spacial score (nSPS) is 29.0. The van der Waals surface area contributed by atoms with Gasteiger partial charge in [0.2, 0.25) is 0 Å². The summed E-state index contributed by atoms with van der Waals surface area (Å²) >= 11 is 0. The molecule has 3 saturated heterocycles. The predicted molar refractivity (Wildman–Crippen MR) is 84.9 cm³/mol. The third kappa shape index (κ3) is 4.87. The fraction of sp³-hybridized carbons (Fsp3) is 0.938. The maximum atomic E-state index is 11.3. The van der Waals surface area contributed by atoms with Crippen LogP contribution in [0.15, 0.2) is 0 Å². The van der Waals surface area contributed by atoms with E-state index in [1.54, 1.807) is 0 Å². The fourth-order valence-corrected chi connectivity index (χ4v) is 3.67. The molecular formula is C16H29N3O4. The van der Waals surface area contributed by atoms with Crippen LogP contribution in [0.5, 0.6) is 0 Å². The molecule has 0 aromatic rings. The average Bonchev–Trinajstić information content (AvgIpc) is 3.06. The molecule has 132 valence electrons. The van der Waals surface area contributed by atoms with Crippen molar-refractivity contribution in [2.45, 2.75) is 31.4 Å². The van der Waals surface area contributed by atoms with Crippen molar-refractivity contribution in [3.8, 4) is 0 Å². The minimum absolute atomic E-state index is 0.165. The number of rotatable bonds is 5. The first-order valence-electron chi connectivity index (χ1n) is 8.77. The summed E-state index contributed by atoms with van der Waals surface area (Å²) in [7, 11) is 1.44. The molecule has 0 aromatic heterocycles. The molecule has 0 radical (unpaired) electrons. The molecule has 7 heteroatoms. The summed E-state index contributed by atoms with van der Waals surface area (Å²) in [4.78, 5) is 22.2. The molecule has 3 aliphatic rings. The summed E-state index contributed by atoms with van der Waals surface area (Å²) < 4.78 is 10.2. The molecule has 3 rings (SSSR count). The molecule has 3 fully saturated rings. The number of carbonyl (C=O) groups excluding carboxylic acids is 1. The summed E-state index contributed by atoms with van der Waals surface area (Å²) in [6.45, 7) is 7.76. The maximum Gasteiger partial charge on any atom is 0.319 e. The Kier molecular flexibility index (Phi) is 6.24. The van der Waals surface area contributed by atoms with Crippen LogP contribution in [0.25, 0.3) is 0 Å². The predicted octanol–water partition coefficient (Wildman–Crippen LogP) is -0.0381. The number of esters is 1. The van der Waals surface area contributed by atoms with Crippen LogP contribution in [0.1, 0.15) is 19.3 Å². The van der Waals surface area contributed by atoms with E-state index in [1.807, 2.05) is 0 Å². The number of piperazine rings is 1. The van der Waals surface area contributed by atoms with Gasteiger partial charge in [-0.15, -0.1) is 0 Å². The second-order valence-corrected chi connectivity index (χ2v) is 6.64. The summed E-state index contributed by atoms with van der Waals surface area (Å²) in [6.07, 6.45) is 3.72. The van der Waals surface area contributed by atoms with Gasteiger partial charge in [-0.05, 0) is 19.3 Å². The van der Waals surface area contributed by atoms with Crippen LogP contribution in [-0.4, -0.2) is 99.1 Å². The summed E-state index contributed by atoms with van der Waals surface area (Å²) in [5, 5.41) is 2.08. The van der Waals surface area contributed by atoms with Gasteiger partial charge in [0.05, 0.1) is 19.8 Å². The summed E-state index contributed by atoms with van der Waals surface area (Å²) in [5.41, 5.74) is 0. The van der Waals surface area contributed by atoms with Gasteiger partial charge >= 0.3 is 5.97 Å². The van der Waals surface area contributed by atoms with E-state index in [4.69, 9.17) is 14.3 Å². The zero-order valence-electron chi connectivity index (χ0n) is 14.1. The Hall–Kier alpha value is -0.730. The van der Waals surface area contributed by atoms with Crippen molar-refractivity contribution >= 4 is 5.97 Å². The van der Waals surface area contributed by atoms with Gasteiger partial charge in [-0.1, -0.05) is 0 Å². The lowest BCUT2D eigenvalue weighted by molar-refractivity contribution is -0.209. The lowest BCUT2D eigenvalue weighted by atomic mass is 10.1. The van der Waals surface area contributed by atoms with Crippen LogP contribution >= 0.6 is 0 Å². The van der Waals surface area contributed by atoms with Crippen LogP contribution < -0.4 is 0 Å². The van der Waals surface area contributed by atoms with Gasteiger partial charge < -0.3 is 9.47 Å². The fourth-order valence-electron chi connectivity index (χ4n) is 3.67. The van der Waals surface area contributed by atoms with Crippen molar-refractivity contribution in [1.82, 2.24) is 14.9 Å². The SMILES string of the molecule is COC(=O)CN1CCN(OC2CCN(C3CCOCC3)C2)CC1. The first-order chi connectivity index (χ1) is 11.2. The third-order valence-electron chi connectivity index (χ3n) is 5.09. The van der Waals surface area contributed by atoms with E-state index in [2.05, 4.69) is 14.9 Å². The van der Waals surface area contributed by atoms with E-state index in [-0.39, 0.29) is 5.97 Å². The topological polar surface area (TPSA) is 54.5 Å². The lowest BCUT2D eigenvalue weighted by Gasteiger charge is -2.35. The number of likely N-dealkylation sites (tertiary alicyclic amines) is 1. The molecule has 0 aliphatic carbocycles. The van der Waals surface area contributed by atoms with E-state index in [0.29, 0.717) is 18.7 Å². The third-order valence-corrected chi connectivity index (χ3v) is 5.09. The van der Waals surface area contributed by atoms with Crippen molar-refractivity contribution in [2.75, 3.05) is 66.1 Å². The minimum atomic E-state index is -0.165. The van der Waals surface area contributed by atoms with Gasteiger partial charge in [-0.2, -0.15) is 5.06 Å². The molecule has 1 atom stereocenters. The first kappa shape index (κ1) is 17.1. The second kappa shape index (κ2) is 8.39. The second-order valence-electron chi connectivity index (χ2n) is 6.64. The smallest absolute Gasteiger partial charge is 0.319 e.